The van der Waals surface area contributed by atoms with Crippen LogP contribution in [0.4, 0.5) is 0 Å². The van der Waals surface area contributed by atoms with E-state index in [1.165, 1.54) is 22.2 Å². The molecule has 0 saturated carbocycles. The van der Waals surface area contributed by atoms with Gasteiger partial charge in [-0.25, -0.2) is 4.98 Å². The molecule has 5 nitrogen and oxygen atoms in total. The van der Waals surface area contributed by atoms with Crippen molar-refractivity contribution >= 4 is 27.5 Å². The van der Waals surface area contributed by atoms with Gasteiger partial charge in [-0.15, -0.1) is 11.3 Å². The first-order chi connectivity index (χ1) is 12.4. The summed E-state index contributed by atoms with van der Waals surface area (Å²) in [4.78, 5) is 31.2. The molecule has 1 aromatic carbocycles. The number of rotatable bonds is 5. The van der Waals surface area contributed by atoms with Gasteiger partial charge in [0, 0.05) is 10.4 Å². The molecule has 26 heavy (non-hydrogen) atoms. The fourth-order valence-electron chi connectivity index (χ4n) is 2.80. The average molecular weight is 370 g/mol. The van der Waals surface area contributed by atoms with Crippen molar-refractivity contribution in [2.24, 2.45) is 0 Å². The Hall–Kier alpha value is -2.47. The van der Waals surface area contributed by atoms with Gasteiger partial charge in [0.2, 0.25) is 0 Å². The lowest BCUT2D eigenvalue weighted by Gasteiger charge is -2.11. The minimum Gasteiger partial charge on any atom is -0.461 e. The van der Waals surface area contributed by atoms with Gasteiger partial charge in [-0.1, -0.05) is 36.8 Å². The Bertz CT molecular complexity index is 1000. The molecule has 0 aliphatic carbocycles. The van der Waals surface area contributed by atoms with Crippen LogP contribution in [0.3, 0.4) is 0 Å². The third kappa shape index (κ3) is 3.55. The number of hydrogen-bond donors (Lipinski definition) is 0. The van der Waals surface area contributed by atoms with E-state index in [1.807, 2.05) is 52.0 Å². The van der Waals surface area contributed by atoms with Crippen LogP contribution in [-0.4, -0.2) is 21.6 Å². The summed E-state index contributed by atoms with van der Waals surface area (Å²) in [6.07, 6.45) is 2.00. The van der Waals surface area contributed by atoms with Crippen molar-refractivity contribution in [1.82, 2.24) is 9.55 Å². The predicted octanol–water partition coefficient (Wildman–Crippen LogP) is 4.08. The fraction of sp³-hybridized carbons (Fsp3) is 0.350. The zero-order valence-corrected chi connectivity index (χ0v) is 16.2. The summed E-state index contributed by atoms with van der Waals surface area (Å²) in [7, 11) is 0. The molecule has 1 atom stereocenters. The SMILES string of the molecule is CC[C@@H](C)OC(=O)Cn1cnc2sc(C)c(-c3ccc(C)cc3)c2c1=O. The number of nitrogens with zero attached hydrogens (tertiary/aromatic N) is 2. The van der Waals surface area contributed by atoms with E-state index in [4.69, 9.17) is 4.74 Å². The molecule has 2 aromatic heterocycles. The number of carbonyl (C=O) groups excluding carboxylic acids is 1. The molecule has 3 rings (SSSR count). The molecule has 0 saturated heterocycles. The molecule has 0 amide bonds. The predicted molar refractivity (Wildman–Crippen MR) is 105 cm³/mol. The Morgan fingerprint density at radius 2 is 1.96 bits per heavy atom. The molecule has 0 radical (unpaired) electrons. The zero-order chi connectivity index (χ0) is 18.8. The van der Waals surface area contributed by atoms with Gasteiger partial charge in [-0.3, -0.25) is 14.2 Å². The van der Waals surface area contributed by atoms with Gasteiger partial charge >= 0.3 is 5.97 Å². The molecule has 0 spiro atoms. The molecule has 136 valence electrons. The van der Waals surface area contributed by atoms with Gasteiger partial charge in [0.1, 0.15) is 11.4 Å². The maximum atomic E-state index is 13.0. The number of aromatic nitrogens is 2. The zero-order valence-electron chi connectivity index (χ0n) is 15.4. The second kappa shape index (κ2) is 7.41. The van der Waals surface area contributed by atoms with E-state index in [0.29, 0.717) is 10.2 Å². The molecular formula is C20H22N2O3S. The molecule has 0 aliphatic rings. The van der Waals surface area contributed by atoms with Crippen LogP contribution >= 0.6 is 11.3 Å². The Morgan fingerprint density at radius 1 is 1.27 bits per heavy atom. The van der Waals surface area contributed by atoms with Crippen LogP contribution in [0, 0.1) is 13.8 Å². The molecule has 0 fully saturated rings. The van der Waals surface area contributed by atoms with Crippen molar-refractivity contribution in [2.75, 3.05) is 0 Å². The summed E-state index contributed by atoms with van der Waals surface area (Å²) >= 11 is 1.49. The van der Waals surface area contributed by atoms with Crippen LogP contribution in [0.1, 0.15) is 30.7 Å². The van der Waals surface area contributed by atoms with Gasteiger partial charge in [0.25, 0.3) is 5.56 Å². The van der Waals surface area contributed by atoms with E-state index in [1.54, 1.807) is 0 Å². The first-order valence-corrected chi connectivity index (χ1v) is 9.47. The highest BCUT2D eigenvalue weighted by Gasteiger charge is 2.18. The second-order valence-electron chi connectivity index (χ2n) is 6.47. The van der Waals surface area contributed by atoms with Gasteiger partial charge in [-0.2, -0.15) is 0 Å². The molecule has 0 aliphatic heterocycles. The van der Waals surface area contributed by atoms with Crippen LogP contribution in [0.25, 0.3) is 21.3 Å². The third-order valence-electron chi connectivity index (χ3n) is 4.40. The topological polar surface area (TPSA) is 61.2 Å². The minimum atomic E-state index is -0.425. The number of fused-ring (bicyclic) bond motifs is 1. The van der Waals surface area contributed by atoms with Crippen molar-refractivity contribution in [3.05, 3.63) is 51.4 Å². The van der Waals surface area contributed by atoms with Crippen LogP contribution in [-0.2, 0) is 16.1 Å². The summed E-state index contributed by atoms with van der Waals surface area (Å²) in [5.74, 6) is -0.425. The summed E-state index contributed by atoms with van der Waals surface area (Å²) in [5, 5.41) is 0.565. The number of thiophene rings is 1. The van der Waals surface area contributed by atoms with Crippen molar-refractivity contribution in [3.63, 3.8) is 0 Å². The molecule has 0 N–H and O–H groups in total. The average Bonchev–Trinajstić information content (AvgIpc) is 2.95. The Morgan fingerprint density at radius 3 is 2.62 bits per heavy atom. The molecular weight excluding hydrogens is 348 g/mol. The second-order valence-corrected chi connectivity index (χ2v) is 7.67. The summed E-state index contributed by atoms with van der Waals surface area (Å²) in [6.45, 7) is 7.66. The lowest BCUT2D eigenvalue weighted by molar-refractivity contribution is -0.149. The number of aryl methyl sites for hydroxylation is 2. The van der Waals surface area contributed by atoms with Gasteiger partial charge < -0.3 is 4.74 Å². The highest BCUT2D eigenvalue weighted by Crippen LogP contribution is 2.35. The third-order valence-corrected chi connectivity index (χ3v) is 5.42. The normalized spacial score (nSPS) is 12.3. The molecule has 2 heterocycles. The summed E-state index contributed by atoms with van der Waals surface area (Å²) in [5.41, 5.74) is 2.83. The summed E-state index contributed by atoms with van der Waals surface area (Å²) < 4.78 is 6.61. The highest BCUT2D eigenvalue weighted by atomic mass is 32.1. The number of carbonyl (C=O) groups is 1. The molecule has 0 bridgehead atoms. The van der Waals surface area contributed by atoms with E-state index >= 15 is 0 Å². The maximum Gasteiger partial charge on any atom is 0.326 e. The highest BCUT2D eigenvalue weighted by molar-refractivity contribution is 7.19. The minimum absolute atomic E-state index is 0.131. The van der Waals surface area contributed by atoms with E-state index < -0.39 is 5.97 Å². The Labute approximate surface area is 156 Å². The lowest BCUT2D eigenvalue weighted by atomic mass is 10.0. The van der Waals surface area contributed by atoms with Gasteiger partial charge in [0.15, 0.2) is 0 Å². The van der Waals surface area contributed by atoms with Gasteiger partial charge in [0.05, 0.1) is 17.8 Å². The number of hydrogen-bond acceptors (Lipinski definition) is 5. The van der Waals surface area contributed by atoms with Crippen molar-refractivity contribution < 1.29 is 9.53 Å². The largest absolute Gasteiger partial charge is 0.461 e. The first kappa shape index (κ1) is 18.3. The van der Waals surface area contributed by atoms with Crippen LogP contribution in [0.5, 0.6) is 0 Å². The smallest absolute Gasteiger partial charge is 0.326 e. The Kier molecular flexibility index (Phi) is 5.23. The van der Waals surface area contributed by atoms with E-state index in [0.717, 1.165) is 28.0 Å². The van der Waals surface area contributed by atoms with Gasteiger partial charge in [-0.05, 0) is 32.8 Å². The van der Waals surface area contributed by atoms with Crippen molar-refractivity contribution in [1.29, 1.82) is 0 Å². The lowest BCUT2D eigenvalue weighted by Crippen LogP contribution is -2.27. The summed E-state index contributed by atoms with van der Waals surface area (Å²) in [6, 6.07) is 8.07. The molecule has 0 unspecified atom stereocenters. The number of benzene rings is 1. The first-order valence-electron chi connectivity index (χ1n) is 8.65. The standard InChI is InChI=1S/C20H22N2O3S/c1-5-13(3)25-16(23)10-22-11-21-19-18(20(22)24)17(14(4)26-19)15-8-6-12(2)7-9-15/h6-9,11,13H,5,10H2,1-4H3/t13-/m1/s1. The van der Waals surface area contributed by atoms with E-state index in [9.17, 15) is 9.59 Å². The van der Waals surface area contributed by atoms with E-state index in [-0.39, 0.29) is 18.2 Å². The van der Waals surface area contributed by atoms with E-state index in [2.05, 4.69) is 4.98 Å². The molecule has 3 aromatic rings. The number of esters is 1. The van der Waals surface area contributed by atoms with Crippen molar-refractivity contribution in [2.45, 2.75) is 46.8 Å². The fourth-order valence-corrected chi connectivity index (χ4v) is 3.81. The van der Waals surface area contributed by atoms with Crippen molar-refractivity contribution in [3.8, 4) is 11.1 Å². The van der Waals surface area contributed by atoms with Crippen LogP contribution in [0.2, 0.25) is 0 Å². The quantitative estimate of drug-likeness (QED) is 0.635. The Balaban J connectivity index is 2.05. The molecule has 6 heteroatoms. The monoisotopic (exact) mass is 370 g/mol. The maximum absolute atomic E-state index is 13.0. The van der Waals surface area contributed by atoms with Crippen LogP contribution < -0.4 is 5.56 Å². The van der Waals surface area contributed by atoms with Crippen LogP contribution in [0.15, 0.2) is 35.4 Å². The number of ether oxygens (including phenoxy) is 1.